The van der Waals surface area contributed by atoms with Crippen molar-refractivity contribution in [2.45, 2.75) is 0 Å². The average molecular weight is 193 g/mol. The predicted octanol–water partition coefficient (Wildman–Crippen LogP) is -1.56. The number of anilines is 1. The second-order valence-corrected chi connectivity index (χ2v) is 2.62. The number of nitrogens with one attached hydrogen (secondary N) is 2. The Bertz CT molecular complexity index is 565. The molecule has 8 nitrogen and oxygen atoms in total. The Morgan fingerprint density at radius 2 is 2.36 bits per heavy atom. The van der Waals surface area contributed by atoms with Gasteiger partial charge in [-0.25, -0.2) is 4.98 Å². The van der Waals surface area contributed by atoms with Gasteiger partial charge in [-0.05, 0) is 0 Å². The van der Waals surface area contributed by atoms with Crippen LogP contribution < -0.4 is 17.0 Å². The molecule has 0 aromatic carbocycles. The van der Waals surface area contributed by atoms with E-state index in [1.165, 1.54) is 10.9 Å². The molecule has 2 aromatic heterocycles. The lowest BCUT2D eigenvalue weighted by Crippen LogP contribution is -2.21. The maximum absolute atomic E-state index is 11.3. The van der Waals surface area contributed by atoms with Crippen LogP contribution in [0.4, 0.5) is 5.95 Å². The highest BCUT2D eigenvalue weighted by atomic mass is 16.1. The monoisotopic (exact) mass is 193 g/mol. The molecule has 2 heterocycles. The smallest absolute Gasteiger partial charge is 0.280 e. The zero-order valence-corrected chi connectivity index (χ0v) is 6.98. The molecule has 14 heavy (non-hydrogen) atoms. The molecule has 2 rings (SSSR count). The molecule has 0 spiro atoms. The van der Waals surface area contributed by atoms with Gasteiger partial charge in [-0.15, -0.1) is 0 Å². The van der Waals surface area contributed by atoms with Gasteiger partial charge in [0.15, 0.2) is 17.1 Å². The van der Waals surface area contributed by atoms with Crippen molar-refractivity contribution in [3.63, 3.8) is 0 Å². The second-order valence-electron chi connectivity index (χ2n) is 2.62. The minimum atomic E-state index is -0.451. The van der Waals surface area contributed by atoms with Gasteiger partial charge in [0.1, 0.15) is 6.33 Å². The highest BCUT2D eigenvalue weighted by molar-refractivity contribution is 5.87. The minimum Gasteiger partial charge on any atom is -0.369 e. The molecule has 0 aliphatic rings. The van der Waals surface area contributed by atoms with Crippen molar-refractivity contribution < 1.29 is 0 Å². The third-order valence-electron chi connectivity index (χ3n) is 1.68. The Balaban J connectivity index is 2.92. The van der Waals surface area contributed by atoms with Gasteiger partial charge in [0.25, 0.3) is 5.56 Å². The van der Waals surface area contributed by atoms with Gasteiger partial charge in [-0.1, -0.05) is 0 Å². The summed E-state index contributed by atoms with van der Waals surface area (Å²) in [6.45, 7) is 0. The van der Waals surface area contributed by atoms with Crippen molar-refractivity contribution >= 4 is 23.1 Å². The highest BCUT2D eigenvalue weighted by Gasteiger charge is 2.09. The number of hydrogen-bond donors (Lipinski definition) is 4. The van der Waals surface area contributed by atoms with E-state index in [2.05, 4.69) is 15.0 Å². The van der Waals surface area contributed by atoms with Crippen molar-refractivity contribution in [1.29, 1.82) is 5.41 Å². The molecular formula is C6H7N7O. The number of fused-ring (bicyclic) bond motifs is 1. The maximum atomic E-state index is 11.3. The molecule has 0 radical (unpaired) electrons. The van der Waals surface area contributed by atoms with E-state index in [1.807, 2.05) is 0 Å². The molecule has 2 aromatic rings. The van der Waals surface area contributed by atoms with Gasteiger partial charge in [0, 0.05) is 0 Å². The standard InChI is InChI=1S/C6H7N7O/c7-5(8)13-1-10-2-3(13)11-6(9)12-4(2)14/h1H,(H3,7,8)(H3,9,11,12,14). The van der Waals surface area contributed by atoms with Crippen LogP contribution in [0, 0.1) is 5.41 Å². The minimum absolute atomic E-state index is 0.0366. The quantitative estimate of drug-likeness (QED) is 0.296. The molecule has 8 heteroatoms. The van der Waals surface area contributed by atoms with Gasteiger partial charge in [-0.2, -0.15) is 4.98 Å². The van der Waals surface area contributed by atoms with Gasteiger partial charge >= 0.3 is 0 Å². The molecule has 0 bridgehead atoms. The number of aromatic amines is 1. The molecule has 0 saturated heterocycles. The first-order chi connectivity index (χ1) is 6.59. The molecule has 0 fully saturated rings. The lowest BCUT2D eigenvalue weighted by molar-refractivity contribution is 1.08. The van der Waals surface area contributed by atoms with Gasteiger partial charge in [0.05, 0.1) is 0 Å². The summed E-state index contributed by atoms with van der Waals surface area (Å²) in [5, 5.41) is 7.18. The van der Waals surface area contributed by atoms with Gasteiger partial charge in [-0.3, -0.25) is 19.8 Å². The molecule has 0 aliphatic carbocycles. The summed E-state index contributed by atoms with van der Waals surface area (Å²) in [5.41, 5.74) is 10.4. The number of nitrogens with two attached hydrogens (primary N) is 2. The molecular weight excluding hydrogens is 186 g/mol. The van der Waals surface area contributed by atoms with Crippen molar-refractivity contribution in [2.75, 3.05) is 5.73 Å². The number of aromatic nitrogens is 4. The first kappa shape index (κ1) is 8.23. The fraction of sp³-hybridized carbons (Fsp3) is 0. The van der Waals surface area contributed by atoms with E-state index in [1.54, 1.807) is 0 Å². The molecule has 0 unspecified atom stereocenters. The lowest BCUT2D eigenvalue weighted by Gasteiger charge is -1.98. The van der Waals surface area contributed by atoms with E-state index < -0.39 is 5.56 Å². The fourth-order valence-corrected chi connectivity index (χ4v) is 1.10. The Morgan fingerprint density at radius 3 is 3.00 bits per heavy atom. The first-order valence-corrected chi connectivity index (χ1v) is 3.67. The number of nitrogens with zero attached hydrogens (tertiary/aromatic N) is 3. The SMILES string of the molecule is N=C(N)n1cnc2c(=O)[nH]c(N)nc21. The van der Waals surface area contributed by atoms with Crippen LogP contribution in [0.3, 0.4) is 0 Å². The van der Waals surface area contributed by atoms with Crippen LogP contribution in [-0.4, -0.2) is 25.5 Å². The fourth-order valence-electron chi connectivity index (χ4n) is 1.10. The Labute approximate surface area is 77.1 Å². The van der Waals surface area contributed by atoms with Crippen LogP contribution in [-0.2, 0) is 0 Å². The molecule has 0 amide bonds. The summed E-state index contributed by atoms with van der Waals surface area (Å²) in [6.07, 6.45) is 1.24. The topological polar surface area (TPSA) is 139 Å². The van der Waals surface area contributed by atoms with Crippen molar-refractivity contribution in [1.82, 2.24) is 19.5 Å². The molecule has 0 saturated carbocycles. The van der Waals surface area contributed by atoms with Crippen LogP contribution in [0.1, 0.15) is 0 Å². The largest absolute Gasteiger partial charge is 0.369 e. The molecule has 6 N–H and O–H groups in total. The Kier molecular flexibility index (Phi) is 1.50. The van der Waals surface area contributed by atoms with Crippen LogP contribution in [0.2, 0.25) is 0 Å². The molecule has 72 valence electrons. The molecule has 0 atom stereocenters. The number of hydrogen-bond acceptors (Lipinski definition) is 5. The van der Waals surface area contributed by atoms with E-state index in [4.69, 9.17) is 16.9 Å². The van der Waals surface area contributed by atoms with E-state index in [-0.39, 0.29) is 23.1 Å². The zero-order valence-electron chi connectivity index (χ0n) is 6.98. The van der Waals surface area contributed by atoms with Gasteiger partial charge < -0.3 is 11.5 Å². The van der Waals surface area contributed by atoms with Crippen molar-refractivity contribution in [3.8, 4) is 0 Å². The number of H-pyrrole nitrogens is 1. The lowest BCUT2D eigenvalue weighted by atomic mass is 10.5. The summed E-state index contributed by atoms with van der Waals surface area (Å²) in [6, 6.07) is 0. The van der Waals surface area contributed by atoms with E-state index in [9.17, 15) is 4.79 Å². The maximum Gasteiger partial charge on any atom is 0.280 e. The van der Waals surface area contributed by atoms with Crippen LogP contribution >= 0.6 is 0 Å². The molecule has 0 aliphatic heterocycles. The zero-order chi connectivity index (χ0) is 10.3. The van der Waals surface area contributed by atoms with Crippen LogP contribution in [0.15, 0.2) is 11.1 Å². The number of rotatable bonds is 0. The Hall–Kier alpha value is -2.38. The second kappa shape index (κ2) is 2.55. The Morgan fingerprint density at radius 1 is 1.64 bits per heavy atom. The van der Waals surface area contributed by atoms with E-state index in [0.717, 1.165) is 0 Å². The average Bonchev–Trinajstić information content (AvgIpc) is 2.47. The summed E-state index contributed by atoms with van der Waals surface area (Å²) in [7, 11) is 0. The van der Waals surface area contributed by atoms with Crippen LogP contribution in [0.25, 0.3) is 11.2 Å². The number of nitrogen functional groups attached to an aromatic ring is 2. The summed E-state index contributed by atoms with van der Waals surface area (Å²) in [5.74, 6) is -0.310. The van der Waals surface area contributed by atoms with Crippen molar-refractivity contribution in [3.05, 3.63) is 16.7 Å². The predicted molar refractivity (Wildman–Crippen MR) is 49.9 cm³/mol. The van der Waals surface area contributed by atoms with Crippen LogP contribution in [0.5, 0.6) is 0 Å². The highest BCUT2D eigenvalue weighted by Crippen LogP contribution is 2.04. The van der Waals surface area contributed by atoms with E-state index in [0.29, 0.717) is 0 Å². The first-order valence-electron chi connectivity index (χ1n) is 3.67. The summed E-state index contributed by atoms with van der Waals surface area (Å²) >= 11 is 0. The normalized spacial score (nSPS) is 10.6. The third kappa shape index (κ3) is 1.01. The van der Waals surface area contributed by atoms with Gasteiger partial charge in [0.2, 0.25) is 5.95 Å². The van der Waals surface area contributed by atoms with Crippen molar-refractivity contribution in [2.24, 2.45) is 5.73 Å². The third-order valence-corrected chi connectivity index (χ3v) is 1.68. The van der Waals surface area contributed by atoms with E-state index >= 15 is 0 Å². The summed E-state index contributed by atoms with van der Waals surface area (Å²) < 4.78 is 1.17. The summed E-state index contributed by atoms with van der Waals surface area (Å²) in [4.78, 5) is 21.1. The number of imidazole rings is 1.